The van der Waals surface area contributed by atoms with Gasteiger partial charge in [0.1, 0.15) is 0 Å². The molecule has 2 heteroatoms. The molecule has 31 heavy (non-hydrogen) atoms. The Morgan fingerprint density at radius 2 is 1.03 bits per heavy atom. The Morgan fingerprint density at radius 3 is 1.45 bits per heavy atom. The Hall–Kier alpha value is -0.530. The molecule has 2 unspecified atom stereocenters. The predicted molar refractivity (Wildman–Crippen MR) is 138 cm³/mol. The summed E-state index contributed by atoms with van der Waals surface area (Å²) in [6.45, 7) is 9.12. The highest BCUT2D eigenvalue weighted by Crippen LogP contribution is 2.27. The summed E-state index contributed by atoms with van der Waals surface area (Å²) in [5.41, 5.74) is 0. The second-order valence-corrected chi connectivity index (χ2v) is 10.6. The highest BCUT2D eigenvalue weighted by Gasteiger charge is 2.21. The third kappa shape index (κ3) is 21.1. The van der Waals surface area contributed by atoms with Crippen molar-refractivity contribution in [2.24, 2.45) is 17.8 Å². The van der Waals surface area contributed by atoms with E-state index in [2.05, 4.69) is 27.7 Å². The summed E-state index contributed by atoms with van der Waals surface area (Å²) in [6.07, 6.45) is 26.8. The van der Waals surface area contributed by atoms with Gasteiger partial charge in [0.15, 0.2) is 0 Å². The smallest absolute Gasteiger partial charge is 0.306 e. The molecule has 1 N–H and O–H groups in total. The Morgan fingerprint density at radius 1 is 0.581 bits per heavy atom. The molecule has 0 aliphatic rings. The van der Waals surface area contributed by atoms with E-state index in [9.17, 15) is 9.90 Å². The van der Waals surface area contributed by atoms with Crippen LogP contribution in [-0.2, 0) is 4.79 Å². The van der Waals surface area contributed by atoms with Gasteiger partial charge < -0.3 is 5.11 Å². The van der Waals surface area contributed by atoms with Gasteiger partial charge in [-0.05, 0) is 24.7 Å². The van der Waals surface area contributed by atoms with Gasteiger partial charge in [0.05, 0.1) is 5.92 Å². The first-order valence-corrected chi connectivity index (χ1v) is 14.2. The van der Waals surface area contributed by atoms with E-state index >= 15 is 0 Å². The molecule has 0 saturated heterocycles. The average molecular weight is 439 g/mol. The van der Waals surface area contributed by atoms with E-state index in [0.29, 0.717) is 5.92 Å². The van der Waals surface area contributed by atoms with Crippen molar-refractivity contribution in [3.8, 4) is 0 Å². The molecular weight excluding hydrogens is 380 g/mol. The maximum absolute atomic E-state index is 11.7. The second-order valence-electron chi connectivity index (χ2n) is 10.6. The van der Waals surface area contributed by atoms with Crippen LogP contribution >= 0.6 is 0 Å². The fraction of sp³-hybridized carbons (Fsp3) is 0.966. The van der Waals surface area contributed by atoms with Crippen LogP contribution in [0.4, 0.5) is 0 Å². The van der Waals surface area contributed by atoms with E-state index in [1.807, 2.05) is 0 Å². The summed E-state index contributed by atoms with van der Waals surface area (Å²) in [5.74, 6) is 0.816. The van der Waals surface area contributed by atoms with Gasteiger partial charge in [-0.3, -0.25) is 4.79 Å². The van der Waals surface area contributed by atoms with Crippen molar-refractivity contribution in [1.29, 1.82) is 0 Å². The Balaban J connectivity index is 3.68. The molecule has 0 bridgehead atoms. The van der Waals surface area contributed by atoms with E-state index in [0.717, 1.165) is 25.2 Å². The van der Waals surface area contributed by atoms with E-state index in [4.69, 9.17) is 0 Å². The van der Waals surface area contributed by atoms with E-state index in [1.54, 1.807) is 0 Å². The molecule has 0 heterocycles. The summed E-state index contributed by atoms with van der Waals surface area (Å²) in [4.78, 5) is 11.7. The van der Waals surface area contributed by atoms with Crippen LogP contribution in [0.5, 0.6) is 0 Å². The van der Waals surface area contributed by atoms with Crippen molar-refractivity contribution < 1.29 is 9.90 Å². The number of carboxylic acids is 1. The van der Waals surface area contributed by atoms with Gasteiger partial charge >= 0.3 is 5.97 Å². The van der Waals surface area contributed by atoms with Gasteiger partial charge in [-0.1, -0.05) is 150 Å². The van der Waals surface area contributed by atoms with Gasteiger partial charge in [-0.2, -0.15) is 0 Å². The van der Waals surface area contributed by atoms with Gasteiger partial charge in [0, 0.05) is 0 Å². The summed E-state index contributed by atoms with van der Waals surface area (Å²) in [5, 5.41) is 9.68. The van der Waals surface area contributed by atoms with Gasteiger partial charge in [0.2, 0.25) is 0 Å². The lowest BCUT2D eigenvalue weighted by atomic mass is 9.85. The van der Waals surface area contributed by atoms with Gasteiger partial charge in [-0.25, -0.2) is 0 Å². The monoisotopic (exact) mass is 438 g/mol. The fourth-order valence-corrected chi connectivity index (χ4v) is 4.93. The third-order valence-corrected chi connectivity index (χ3v) is 6.96. The molecule has 2 atom stereocenters. The van der Waals surface area contributed by atoms with Crippen molar-refractivity contribution in [2.75, 3.05) is 0 Å². The molecule has 2 nitrogen and oxygen atoms in total. The SMILES string of the molecule is CCCCCC(CCC)CC(CCCCCCCCCCCCCCC(C)C)C(=O)O. The van der Waals surface area contributed by atoms with E-state index in [-0.39, 0.29) is 5.92 Å². The minimum absolute atomic E-state index is 0.112. The molecular formula is C29H58O2. The maximum Gasteiger partial charge on any atom is 0.306 e. The van der Waals surface area contributed by atoms with Crippen molar-refractivity contribution in [2.45, 2.75) is 163 Å². The Labute approximate surface area is 196 Å². The zero-order valence-electron chi connectivity index (χ0n) is 21.9. The topological polar surface area (TPSA) is 37.3 Å². The molecule has 0 spiro atoms. The molecule has 0 radical (unpaired) electrons. The molecule has 0 aliphatic carbocycles. The van der Waals surface area contributed by atoms with Crippen LogP contribution in [-0.4, -0.2) is 11.1 Å². The molecule has 0 fully saturated rings. The van der Waals surface area contributed by atoms with Crippen molar-refractivity contribution in [3.05, 3.63) is 0 Å². The van der Waals surface area contributed by atoms with E-state index in [1.165, 1.54) is 116 Å². The summed E-state index contributed by atoms with van der Waals surface area (Å²) in [6, 6.07) is 0. The number of rotatable bonds is 24. The van der Waals surface area contributed by atoms with Gasteiger partial charge in [0.25, 0.3) is 0 Å². The standard InChI is InChI=1S/C29H58O2/c1-5-7-18-23-27(21-6-2)25-28(29(30)31)24-20-17-15-13-11-9-8-10-12-14-16-19-22-26(3)4/h26-28H,5-25H2,1-4H3,(H,30,31). The molecule has 0 amide bonds. The minimum Gasteiger partial charge on any atom is -0.481 e. The van der Waals surface area contributed by atoms with Crippen molar-refractivity contribution in [1.82, 2.24) is 0 Å². The van der Waals surface area contributed by atoms with Crippen molar-refractivity contribution >= 4 is 5.97 Å². The average Bonchev–Trinajstić information content (AvgIpc) is 2.72. The molecule has 0 aliphatic heterocycles. The van der Waals surface area contributed by atoms with E-state index < -0.39 is 5.97 Å². The third-order valence-electron chi connectivity index (χ3n) is 6.96. The first kappa shape index (κ1) is 30.5. The largest absolute Gasteiger partial charge is 0.481 e. The van der Waals surface area contributed by atoms with Crippen LogP contribution in [0.25, 0.3) is 0 Å². The van der Waals surface area contributed by atoms with Crippen LogP contribution in [0, 0.1) is 17.8 Å². The molecule has 0 aromatic rings. The van der Waals surface area contributed by atoms with Crippen molar-refractivity contribution in [3.63, 3.8) is 0 Å². The Kier molecular flexibility index (Phi) is 22.3. The molecule has 0 rings (SSSR count). The maximum atomic E-state index is 11.7. The lowest BCUT2D eigenvalue weighted by Crippen LogP contribution is -2.18. The quantitative estimate of drug-likeness (QED) is 0.152. The number of hydrogen-bond donors (Lipinski definition) is 1. The number of carbonyl (C=O) groups is 1. The predicted octanol–water partition coefficient (Wildman–Crippen LogP) is 10.2. The van der Waals surface area contributed by atoms with Crippen LogP contribution in [0.1, 0.15) is 163 Å². The summed E-state index contributed by atoms with van der Waals surface area (Å²) >= 11 is 0. The van der Waals surface area contributed by atoms with Gasteiger partial charge in [-0.15, -0.1) is 0 Å². The summed E-state index contributed by atoms with van der Waals surface area (Å²) < 4.78 is 0. The first-order chi connectivity index (χ1) is 15.0. The number of hydrogen-bond acceptors (Lipinski definition) is 1. The second kappa shape index (κ2) is 22.7. The highest BCUT2D eigenvalue weighted by molar-refractivity contribution is 5.69. The van der Waals surface area contributed by atoms with Crippen LogP contribution in [0.15, 0.2) is 0 Å². The fourth-order valence-electron chi connectivity index (χ4n) is 4.93. The molecule has 0 aromatic heterocycles. The lowest BCUT2D eigenvalue weighted by Gasteiger charge is -2.21. The highest BCUT2D eigenvalue weighted by atomic mass is 16.4. The molecule has 186 valence electrons. The number of carboxylic acid groups (broad SMARTS) is 1. The van der Waals surface area contributed by atoms with Crippen LogP contribution in [0.3, 0.4) is 0 Å². The molecule has 0 saturated carbocycles. The number of aliphatic carboxylic acids is 1. The first-order valence-electron chi connectivity index (χ1n) is 14.2. The zero-order valence-corrected chi connectivity index (χ0v) is 21.9. The van der Waals surface area contributed by atoms with Crippen LogP contribution in [0.2, 0.25) is 0 Å². The number of unbranched alkanes of at least 4 members (excludes halogenated alkanes) is 13. The van der Waals surface area contributed by atoms with Crippen LogP contribution < -0.4 is 0 Å². The normalized spacial score (nSPS) is 13.6. The zero-order chi connectivity index (χ0) is 23.2. The minimum atomic E-state index is -0.555. The molecule has 0 aromatic carbocycles. The Bertz CT molecular complexity index is 377. The summed E-state index contributed by atoms with van der Waals surface area (Å²) in [7, 11) is 0. The lowest BCUT2D eigenvalue weighted by molar-refractivity contribution is -0.142.